The molecule has 263 valence electrons. The van der Waals surface area contributed by atoms with E-state index in [-0.39, 0.29) is 42.4 Å². The minimum atomic E-state index is -0.933. The number of aliphatic carboxylic acids is 3. The molecule has 0 aromatic carbocycles. The second-order valence-corrected chi connectivity index (χ2v) is 12.4. The summed E-state index contributed by atoms with van der Waals surface area (Å²) >= 11 is 0. The van der Waals surface area contributed by atoms with Crippen LogP contribution in [0.3, 0.4) is 0 Å². The molecule has 1 radical (unpaired) electrons. The molecule has 0 heterocycles. The summed E-state index contributed by atoms with van der Waals surface area (Å²) in [5.41, 5.74) is 10.4. The summed E-state index contributed by atoms with van der Waals surface area (Å²) in [5.74, 6) is -2.72. The third-order valence-electron chi connectivity index (χ3n) is 8.24. The van der Waals surface area contributed by atoms with E-state index >= 15 is 0 Å². The van der Waals surface area contributed by atoms with E-state index in [1.807, 2.05) is 0 Å². The monoisotopic (exact) mass is 653 g/mol. The molecule has 0 unspecified atom stereocenters. The van der Waals surface area contributed by atoms with Crippen molar-refractivity contribution in [3.05, 3.63) is 0 Å². The minimum absolute atomic E-state index is 0. The van der Waals surface area contributed by atoms with Crippen LogP contribution >= 0.6 is 0 Å². The molecule has 0 spiro atoms. The molecule has 9 nitrogen and oxygen atoms in total. The van der Waals surface area contributed by atoms with Gasteiger partial charge in [-0.25, -0.2) is 0 Å². The van der Waals surface area contributed by atoms with Crippen LogP contribution in [0.4, 0.5) is 0 Å². The molecule has 0 aliphatic rings. The Labute approximate surface area is 298 Å². The van der Waals surface area contributed by atoms with Crippen LogP contribution in [-0.2, 0) is 14.4 Å². The molecule has 0 aromatic heterocycles. The second kappa shape index (κ2) is 37.7. The standard InChI is InChI=1S/C29H57NO4.C6H14N2O2.Na/c1-3-5-7-9-11-13-15-17-19-21-25-30(27(29(33)34)23-24-28(31)32)26-22-20-18-16-14-12-10-8-6-4-2;7-4-2-1-3-5(8)6(9)10;/h27H,3-26H2,1-2H3,(H,31,32)(H,33,34);5H,1-4,7-8H2,(H,9,10);/t27-;5-;/m00./s1. The number of nitrogens with two attached hydrogens (primary N) is 2. The van der Waals surface area contributed by atoms with Gasteiger partial charge in [-0.3, -0.25) is 19.3 Å². The molecule has 0 rings (SSSR count). The first-order valence-corrected chi connectivity index (χ1v) is 18.1. The van der Waals surface area contributed by atoms with Crippen molar-refractivity contribution in [3.63, 3.8) is 0 Å². The van der Waals surface area contributed by atoms with E-state index in [2.05, 4.69) is 18.7 Å². The Morgan fingerprint density at radius 2 is 0.933 bits per heavy atom. The summed E-state index contributed by atoms with van der Waals surface area (Å²) < 4.78 is 0. The maximum Gasteiger partial charge on any atom is 0.320 e. The predicted molar refractivity (Wildman–Crippen MR) is 188 cm³/mol. The Balaban J connectivity index is -0.00000137. The summed E-state index contributed by atoms with van der Waals surface area (Å²) in [7, 11) is 0. The third kappa shape index (κ3) is 36.0. The first-order valence-electron chi connectivity index (χ1n) is 18.1. The maximum absolute atomic E-state index is 11.9. The number of carbonyl (C=O) groups is 3. The van der Waals surface area contributed by atoms with Gasteiger partial charge in [0.2, 0.25) is 0 Å². The smallest absolute Gasteiger partial charge is 0.320 e. The summed E-state index contributed by atoms with van der Waals surface area (Å²) in [6, 6.07) is -1.39. The molecule has 10 heteroatoms. The van der Waals surface area contributed by atoms with Gasteiger partial charge in [-0.15, -0.1) is 0 Å². The average molecular weight is 653 g/mol. The van der Waals surface area contributed by atoms with Gasteiger partial charge >= 0.3 is 17.9 Å². The number of rotatable bonds is 32. The van der Waals surface area contributed by atoms with Crippen LogP contribution in [0.25, 0.3) is 0 Å². The Morgan fingerprint density at radius 1 is 0.556 bits per heavy atom. The topological polar surface area (TPSA) is 167 Å². The average Bonchev–Trinajstić information content (AvgIpc) is 2.98. The number of carboxylic acid groups (broad SMARTS) is 3. The van der Waals surface area contributed by atoms with Crippen molar-refractivity contribution in [2.75, 3.05) is 19.6 Å². The summed E-state index contributed by atoms with van der Waals surface area (Å²) in [6.07, 6.45) is 27.5. The molecule has 0 fully saturated rings. The van der Waals surface area contributed by atoms with Gasteiger partial charge in [-0.1, -0.05) is 136 Å². The van der Waals surface area contributed by atoms with E-state index in [9.17, 15) is 19.5 Å². The number of hydrogen-bond acceptors (Lipinski definition) is 6. The summed E-state index contributed by atoms with van der Waals surface area (Å²) in [5, 5.41) is 27.1. The van der Waals surface area contributed by atoms with E-state index in [1.54, 1.807) is 0 Å². The predicted octanol–water partition coefficient (Wildman–Crippen LogP) is 7.59. The van der Waals surface area contributed by atoms with Crippen LogP contribution in [0.5, 0.6) is 0 Å². The molecular weight excluding hydrogens is 581 g/mol. The second-order valence-electron chi connectivity index (χ2n) is 12.4. The van der Waals surface area contributed by atoms with Crippen LogP contribution in [0, 0.1) is 0 Å². The van der Waals surface area contributed by atoms with E-state index in [1.165, 1.54) is 103 Å². The van der Waals surface area contributed by atoms with Crippen LogP contribution in [-0.4, -0.2) is 99.4 Å². The number of hydrogen-bond donors (Lipinski definition) is 5. The van der Waals surface area contributed by atoms with Crippen LogP contribution in [0.1, 0.15) is 174 Å². The van der Waals surface area contributed by atoms with Crippen molar-refractivity contribution in [2.24, 2.45) is 11.5 Å². The van der Waals surface area contributed by atoms with Crippen molar-refractivity contribution in [2.45, 2.75) is 186 Å². The first kappa shape index (κ1) is 48.7. The van der Waals surface area contributed by atoms with Crippen molar-refractivity contribution >= 4 is 47.5 Å². The van der Waals surface area contributed by atoms with Gasteiger partial charge in [0.1, 0.15) is 12.1 Å². The van der Waals surface area contributed by atoms with Crippen molar-refractivity contribution in [1.29, 1.82) is 0 Å². The van der Waals surface area contributed by atoms with Gasteiger partial charge in [-0.05, 0) is 51.7 Å². The molecule has 0 bridgehead atoms. The normalized spacial score (nSPS) is 12.2. The Hall–Kier alpha value is -0.710. The number of nitrogens with zero attached hydrogens (tertiary/aromatic N) is 1. The summed E-state index contributed by atoms with van der Waals surface area (Å²) in [4.78, 5) is 35.1. The molecule has 0 aliphatic heterocycles. The fraction of sp³-hybridized carbons (Fsp3) is 0.914. The van der Waals surface area contributed by atoms with Gasteiger partial charge in [0.05, 0.1) is 0 Å². The zero-order chi connectivity index (χ0) is 33.3. The number of carboxylic acids is 3. The van der Waals surface area contributed by atoms with Crippen molar-refractivity contribution in [1.82, 2.24) is 4.90 Å². The van der Waals surface area contributed by atoms with Crippen molar-refractivity contribution in [3.8, 4) is 0 Å². The molecule has 0 saturated carbocycles. The molecule has 45 heavy (non-hydrogen) atoms. The zero-order valence-corrected chi connectivity index (χ0v) is 31.6. The Morgan fingerprint density at radius 3 is 1.24 bits per heavy atom. The molecule has 2 atom stereocenters. The molecular formula is C35H71N3NaO6. The molecule has 0 aliphatic carbocycles. The van der Waals surface area contributed by atoms with E-state index in [0.29, 0.717) is 13.0 Å². The maximum atomic E-state index is 11.9. The van der Waals surface area contributed by atoms with Gasteiger partial charge in [0.25, 0.3) is 0 Å². The fourth-order valence-electron chi connectivity index (χ4n) is 5.38. The van der Waals surface area contributed by atoms with Gasteiger partial charge < -0.3 is 26.8 Å². The largest absolute Gasteiger partial charge is 0.481 e. The third-order valence-corrected chi connectivity index (χ3v) is 8.24. The van der Waals surface area contributed by atoms with Crippen LogP contribution in [0.15, 0.2) is 0 Å². The number of unbranched alkanes of at least 4 members (excludes halogenated alkanes) is 19. The minimum Gasteiger partial charge on any atom is -0.481 e. The summed E-state index contributed by atoms with van der Waals surface area (Å²) in [6.45, 7) is 6.63. The zero-order valence-electron chi connectivity index (χ0n) is 29.6. The Kier molecular flexibility index (Phi) is 40.8. The van der Waals surface area contributed by atoms with E-state index < -0.39 is 30.0 Å². The van der Waals surface area contributed by atoms with E-state index in [0.717, 1.165) is 51.6 Å². The quantitative estimate of drug-likeness (QED) is 0.0363. The van der Waals surface area contributed by atoms with Gasteiger partial charge in [0, 0.05) is 36.0 Å². The first-order chi connectivity index (χ1) is 21.2. The molecule has 0 saturated heterocycles. The van der Waals surface area contributed by atoms with Crippen molar-refractivity contribution < 1.29 is 29.7 Å². The van der Waals surface area contributed by atoms with Crippen LogP contribution < -0.4 is 11.5 Å². The van der Waals surface area contributed by atoms with E-state index in [4.69, 9.17) is 21.7 Å². The van der Waals surface area contributed by atoms with Crippen LogP contribution in [0.2, 0.25) is 0 Å². The van der Waals surface area contributed by atoms with Gasteiger partial charge in [0.15, 0.2) is 0 Å². The van der Waals surface area contributed by atoms with Gasteiger partial charge in [-0.2, -0.15) is 0 Å². The Bertz CT molecular complexity index is 647. The SMILES string of the molecule is CCCCCCCCCCCCN(CCCCCCCCCCCC)[C@@H](CCC(=O)O)C(=O)O.NCCCC[C@H](N)C(=O)O.[Na]. The molecule has 7 N–H and O–H groups in total. The molecule has 0 amide bonds. The fourth-order valence-corrected chi connectivity index (χ4v) is 5.38. The molecule has 0 aromatic rings.